The number of carboxylic acids is 1. The Balaban J connectivity index is 2.23. The lowest BCUT2D eigenvalue weighted by molar-refractivity contribution is -0.139. The number of Topliss-reactive ketones (excluding diaryl/α,β-unsaturated/α-hetero) is 4. The summed E-state index contributed by atoms with van der Waals surface area (Å²) in [5.41, 5.74) is 12.6. The molecule has 0 saturated heterocycles. The van der Waals surface area contributed by atoms with Gasteiger partial charge in [0.25, 0.3) is 10.1 Å². The molecule has 1 aromatic carbocycles. The number of benzene rings is 1. The van der Waals surface area contributed by atoms with Gasteiger partial charge in [0.05, 0.1) is 44.6 Å². The standard InChI is InChI=1S/C65H110N6O17S/c1-49(2)42-57(74)44-52(59(75)45-53(23-16-17-26-61(66)67)60(76)46-54(64(68)79)43-51-27-29-55(72)30-28-51)24-18-19-33-69-63(78)48-88-40-37-85-35-21-25-56(73)47-87-39-38-86-36-34-70-62(77)32-31-58(65(80)81)71-50(3)22-15-13-11-9-7-5-4-6-8-10-12-14-20-41-89(82,83)84/h27-30,49,52-54,58,71-72H,3-26,31-48H2,1-2H3,(H3,66,67)(H2,68,79)(H,69,78)(H,70,77)(H,80,81)(H,82,83,84)/t52-,53-,54-,58+/m1/s1. The van der Waals surface area contributed by atoms with E-state index in [2.05, 4.69) is 22.5 Å². The molecule has 0 radical (unpaired) electrons. The molecule has 0 aliphatic carbocycles. The number of nitrogens with one attached hydrogen (secondary N) is 4. The predicted octanol–water partition coefficient (Wildman–Crippen LogP) is 8.19. The number of hydrogen-bond donors (Lipinski definition) is 9. The Labute approximate surface area is 529 Å². The van der Waals surface area contributed by atoms with Crippen LogP contribution < -0.4 is 27.4 Å². The normalized spacial score (nSPS) is 12.9. The third-order valence-electron chi connectivity index (χ3n) is 15.1. The highest BCUT2D eigenvalue weighted by Gasteiger charge is 2.31. The molecule has 24 heteroatoms. The third-order valence-corrected chi connectivity index (χ3v) is 15.9. The molecule has 0 aliphatic rings. The van der Waals surface area contributed by atoms with E-state index in [0.29, 0.717) is 95.0 Å². The lowest BCUT2D eigenvalue weighted by Gasteiger charge is -2.22. The number of rotatable bonds is 62. The second-order valence-electron chi connectivity index (χ2n) is 23.8. The van der Waals surface area contributed by atoms with Gasteiger partial charge >= 0.3 is 5.97 Å². The monoisotopic (exact) mass is 1280 g/mol. The number of unbranched alkanes of at least 4 members (excludes halogenated alkanes) is 14. The Kier molecular flexibility index (Phi) is 46.6. The number of allylic oxidation sites excluding steroid dienone is 1. The Morgan fingerprint density at radius 1 is 0.551 bits per heavy atom. The van der Waals surface area contributed by atoms with Crippen molar-refractivity contribution in [2.24, 2.45) is 35.1 Å². The van der Waals surface area contributed by atoms with E-state index >= 15 is 0 Å². The van der Waals surface area contributed by atoms with Crippen LogP contribution in [0.4, 0.5) is 0 Å². The van der Waals surface area contributed by atoms with Crippen molar-refractivity contribution in [3.05, 3.63) is 42.1 Å². The molecule has 89 heavy (non-hydrogen) atoms. The number of aliphatic carboxylic acids is 1. The van der Waals surface area contributed by atoms with Crippen LogP contribution in [-0.4, -0.2) is 154 Å². The number of amides is 3. The molecule has 0 aromatic heterocycles. The highest BCUT2D eigenvalue weighted by atomic mass is 32.2. The number of amidine groups is 1. The summed E-state index contributed by atoms with van der Waals surface area (Å²) in [4.78, 5) is 102. The maximum atomic E-state index is 14.0. The van der Waals surface area contributed by atoms with Crippen LogP contribution in [0.1, 0.15) is 206 Å². The van der Waals surface area contributed by atoms with Gasteiger partial charge < -0.3 is 56.6 Å². The van der Waals surface area contributed by atoms with Gasteiger partial charge in [-0.05, 0) is 87.8 Å². The minimum atomic E-state index is -3.85. The van der Waals surface area contributed by atoms with Gasteiger partial charge in [-0.3, -0.25) is 43.5 Å². The maximum absolute atomic E-state index is 14.0. The second-order valence-corrected chi connectivity index (χ2v) is 25.4. The summed E-state index contributed by atoms with van der Waals surface area (Å²) in [5, 5.41) is 35.4. The molecule has 0 fully saturated rings. The van der Waals surface area contributed by atoms with E-state index in [1.54, 1.807) is 12.1 Å². The van der Waals surface area contributed by atoms with Crippen LogP contribution in [0.5, 0.6) is 5.75 Å². The molecule has 1 aromatic rings. The summed E-state index contributed by atoms with van der Waals surface area (Å²) >= 11 is 0. The molecule has 11 N–H and O–H groups in total. The smallest absolute Gasteiger partial charge is 0.326 e. The summed E-state index contributed by atoms with van der Waals surface area (Å²) in [6, 6.07) is 5.35. The van der Waals surface area contributed by atoms with Gasteiger partial charge in [-0.1, -0.05) is 116 Å². The van der Waals surface area contributed by atoms with Crippen LogP contribution in [0.2, 0.25) is 0 Å². The first-order valence-electron chi connectivity index (χ1n) is 32.4. The highest BCUT2D eigenvalue weighted by molar-refractivity contribution is 7.85. The number of carbonyl (C=O) groups excluding carboxylic acids is 7. The first-order chi connectivity index (χ1) is 42.4. The fraction of sp³-hybridized carbons (Fsp3) is 0.738. The van der Waals surface area contributed by atoms with Crippen molar-refractivity contribution in [3.8, 4) is 5.75 Å². The molecule has 1 rings (SSSR count). The van der Waals surface area contributed by atoms with Crippen LogP contribution >= 0.6 is 0 Å². The zero-order valence-corrected chi connectivity index (χ0v) is 54.3. The van der Waals surface area contributed by atoms with Gasteiger partial charge in [0.2, 0.25) is 17.7 Å². The van der Waals surface area contributed by atoms with E-state index in [0.717, 1.165) is 51.4 Å². The van der Waals surface area contributed by atoms with Crippen LogP contribution in [0.15, 0.2) is 36.5 Å². The minimum absolute atomic E-state index is 0.0154. The molecule has 23 nitrogen and oxygen atoms in total. The average Bonchev–Trinajstić information content (AvgIpc) is 3.63. The summed E-state index contributed by atoms with van der Waals surface area (Å²) in [6.45, 7) is 9.41. The van der Waals surface area contributed by atoms with Gasteiger partial charge in [0.1, 0.15) is 42.4 Å². The maximum Gasteiger partial charge on any atom is 0.326 e. The average molecular weight is 1280 g/mol. The summed E-state index contributed by atoms with van der Waals surface area (Å²) in [6.07, 6.45) is 18.4. The number of phenolic OH excluding ortho intramolecular Hbond substituents is 1. The molecule has 0 unspecified atom stereocenters. The highest BCUT2D eigenvalue weighted by Crippen LogP contribution is 2.27. The predicted molar refractivity (Wildman–Crippen MR) is 342 cm³/mol. The number of carboxylic acid groups (broad SMARTS) is 1. The lowest BCUT2D eigenvalue weighted by Crippen LogP contribution is -2.37. The number of hydrogen-bond acceptors (Lipinski definition) is 17. The molecular formula is C65H110N6O17S. The lowest BCUT2D eigenvalue weighted by atomic mass is 9.81. The van der Waals surface area contributed by atoms with Crippen LogP contribution in [0.3, 0.4) is 0 Å². The van der Waals surface area contributed by atoms with Crippen molar-refractivity contribution >= 4 is 62.8 Å². The number of aromatic hydroxyl groups is 1. The van der Waals surface area contributed by atoms with Gasteiger partial charge in [-0.25, -0.2) is 4.79 Å². The van der Waals surface area contributed by atoms with Crippen LogP contribution in [0.25, 0.3) is 0 Å². The molecule has 508 valence electrons. The van der Waals surface area contributed by atoms with Crippen LogP contribution in [-0.2, 0) is 73.8 Å². The van der Waals surface area contributed by atoms with Gasteiger partial charge in [0.15, 0.2) is 5.78 Å². The number of phenols is 1. The van der Waals surface area contributed by atoms with E-state index < -0.39 is 45.8 Å². The Morgan fingerprint density at radius 2 is 1.07 bits per heavy atom. The fourth-order valence-corrected chi connectivity index (χ4v) is 10.6. The largest absolute Gasteiger partial charge is 0.508 e. The van der Waals surface area contributed by atoms with Crippen molar-refractivity contribution in [1.82, 2.24) is 16.0 Å². The number of carbonyl (C=O) groups is 8. The van der Waals surface area contributed by atoms with E-state index in [1.807, 2.05) is 13.8 Å². The number of nitrogens with two attached hydrogens (primary N) is 2. The number of ether oxygens (including phenoxy) is 4. The quantitative estimate of drug-likeness (QED) is 0.0128. The fourth-order valence-electron chi connectivity index (χ4n) is 10.1. The van der Waals surface area contributed by atoms with Crippen molar-refractivity contribution in [2.45, 2.75) is 213 Å². The van der Waals surface area contributed by atoms with E-state index in [1.165, 1.54) is 37.8 Å². The summed E-state index contributed by atoms with van der Waals surface area (Å²) < 4.78 is 52.1. The Hall–Kier alpha value is -5.66. The zero-order valence-electron chi connectivity index (χ0n) is 53.5. The van der Waals surface area contributed by atoms with E-state index in [4.69, 9.17) is 40.4 Å². The Morgan fingerprint density at radius 3 is 1.64 bits per heavy atom. The van der Waals surface area contributed by atoms with Gasteiger partial charge in [-0.2, -0.15) is 8.42 Å². The Bertz CT molecular complexity index is 2340. The molecule has 4 atom stereocenters. The minimum Gasteiger partial charge on any atom is -0.508 e. The summed E-state index contributed by atoms with van der Waals surface area (Å²) in [5.74, 6) is -5.15. The first kappa shape index (κ1) is 81.4. The van der Waals surface area contributed by atoms with E-state index in [-0.39, 0.29) is 156 Å². The molecule has 0 saturated carbocycles. The molecule has 0 heterocycles. The first-order valence-corrected chi connectivity index (χ1v) is 34.0. The van der Waals surface area contributed by atoms with Crippen molar-refractivity contribution < 1.29 is 80.5 Å². The third kappa shape index (κ3) is 47.9. The molecule has 0 spiro atoms. The van der Waals surface area contributed by atoms with Gasteiger partial charge in [0, 0.05) is 88.1 Å². The number of primary amides is 1. The SMILES string of the molecule is C=C(CCCCCCCCCCCCCCCS(=O)(=O)O)N[C@@H](CCC(=O)NCCOCCOCC(=O)CCCOCCOCC(=O)NCCCC[C@H](CC(=O)CC(C)C)C(=O)C[C@@H](CCCCC(=N)N)C(=O)C[C@@H](Cc1ccc(O)cc1)C(N)=O)C(=O)O. The summed E-state index contributed by atoms with van der Waals surface area (Å²) in [7, 11) is -3.85. The van der Waals surface area contributed by atoms with Crippen LogP contribution in [0, 0.1) is 29.1 Å². The number of ketones is 4. The van der Waals surface area contributed by atoms with Crippen molar-refractivity contribution in [2.75, 3.05) is 71.7 Å². The topological polar surface area (TPSA) is 380 Å². The molecular weight excluding hydrogens is 1170 g/mol. The van der Waals surface area contributed by atoms with Crippen molar-refractivity contribution in [1.29, 1.82) is 5.41 Å². The van der Waals surface area contributed by atoms with E-state index in [9.17, 15) is 57.0 Å². The van der Waals surface area contributed by atoms with Crippen molar-refractivity contribution in [3.63, 3.8) is 0 Å². The zero-order chi connectivity index (χ0) is 66.1. The van der Waals surface area contributed by atoms with Gasteiger partial charge in [-0.15, -0.1) is 0 Å². The second kappa shape index (κ2) is 51.0. The molecule has 3 amide bonds. The molecule has 0 aliphatic heterocycles. The molecule has 0 bridgehead atoms.